The zero-order valence-corrected chi connectivity index (χ0v) is 40.8. The maximum absolute atomic E-state index is 11.8. The zero-order valence-electron chi connectivity index (χ0n) is 37.3. The lowest BCUT2D eigenvalue weighted by Crippen LogP contribution is -3.00. The molecule has 5 nitrogen and oxygen atoms in total. The standard InChI is InChI=1S/C12H17NOS.C8H19NS2.C8H20N.C8H19N.C6H14.ClH/c1-12(2,3)8-13-11(14)9-6-4-5-7-10(9)15;1-8(2,3)6-9-4-7(11)5-10;1-8(2,3)7-9(4,5)6;1-5-6-9-7-8(2,3)4;1-5-6(2,3)4;/h4-7,15H,8H2,1-3H3,(H,13,14);7,9-11H,4-6H2,1-3H3;7H2,1-6H3;9H,5-7H2,1-4H3;5H2,1-4H3;1H/q;;+1;;;/p-1. The Hall–Kier alpha value is -0.0900. The molecule has 1 aromatic rings. The second-order valence-electron chi connectivity index (χ2n) is 20.4. The molecule has 9 heteroatoms. The summed E-state index contributed by atoms with van der Waals surface area (Å²) in [6.07, 6.45) is 2.50. The molecule has 0 aliphatic heterocycles. The number of carbonyl (C=O) groups excluding carboxylic acids is 1. The van der Waals surface area contributed by atoms with E-state index in [0.717, 1.165) is 36.4 Å². The van der Waals surface area contributed by atoms with Gasteiger partial charge in [0.25, 0.3) is 5.91 Å². The van der Waals surface area contributed by atoms with Gasteiger partial charge in [0.2, 0.25) is 0 Å². The van der Waals surface area contributed by atoms with Crippen molar-refractivity contribution in [2.45, 2.75) is 141 Å². The number of nitrogens with one attached hydrogen (secondary N) is 3. The molecule has 0 aromatic heterocycles. The number of carbonyl (C=O) groups is 1. The molecular weight excluding hydrogens is 708 g/mol. The highest BCUT2D eigenvalue weighted by atomic mass is 35.5. The highest BCUT2D eigenvalue weighted by molar-refractivity contribution is 7.84. The molecule has 0 saturated heterocycles. The Morgan fingerprint density at radius 2 is 1.12 bits per heavy atom. The Morgan fingerprint density at radius 3 is 1.41 bits per heavy atom. The van der Waals surface area contributed by atoms with Crippen LogP contribution in [-0.4, -0.2) is 81.8 Å². The fraction of sp³-hybridized carbons (Fsp3) is 0.833. The van der Waals surface area contributed by atoms with E-state index in [2.05, 4.69) is 193 Å². The van der Waals surface area contributed by atoms with Gasteiger partial charge in [0.15, 0.2) is 0 Å². The molecule has 1 rings (SSSR count). The van der Waals surface area contributed by atoms with Crippen LogP contribution in [0, 0.1) is 27.1 Å². The summed E-state index contributed by atoms with van der Waals surface area (Å²) in [6, 6.07) is 7.30. The molecule has 1 atom stereocenters. The van der Waals surface area contributed by atoms with E-state index < -0.39 is 0 Å². The van der Waals surface area contributed by atoms with E-state index in [-0.39, 0.29) is 23.7 Å². The van der Waals surface area contributed by atoms with Crippen LogP contribution < -0.4 is 28.4 Å². The number of quaternary nitrogens is 1. The Kier molecular flexibility index (Phi) is 34.5. The van der Waals surface area contributed by atoms with E-state index in [1.807, 2.05) is 18.2 Å². The molecule has 1 unspecified atom stereocenters. The topological polar surface area (TPSA) is 53.2 Å². The molecule has 308 valence electrons. The normalized spacial score (nSPS) is 12.5. The van der Waals surface area contributed by atoms with Crippen LogP contribution in [0.2, 0.25) is 0 Å². The maximum Gasteiger partial charge on any atom is 0.252 e. The highest BCUT2D eigenvalue weighted by Crippen LogP contribution is 2.17. The van der Waals surface area contributed by atoms with Crippen LogP contribution in [-0.2, 0) is 0 Å². The van der Waals surface area contributed by atoms with Crippen LogP contribution >= 0.6 is 37.9 Å². The molecule has 0 saturated carbocycles. The van der Waals surface area contributed by atoms with Crippen molar-refractivity contribution in [3.8, 4) is 0 Å². The fourth-order valence-corrected chi connectivity index (χ4v) is 4.37. The van der Waals surface area contributed by atoms with Crippen LogP contribution in [0.25, 0.3) is 0 Å². The number of halogens is 1. The van der Waals surface area contributed by atoms with Gasteiger partial charge in [-0.2, -0.15) is 25.3 Å². The Labute approximate surface area is 343 Å². The van der Waals surface area contributed by atoms with Crippen molar-refractivity contribution >= 4 is 43.8 Å². The molecule has 0 aliphatic rings. The van der Waals surface area contributed by atoms with E-state index in [1.165, 1.54) is 19.4 Å². The summed E-state index contributed by atoms with van der Waals surface area (Å²) in [4.78, 5) is 12.5. The summed E-state index contributed by atoms with van der Waals surface area (Å²) in [5.41, 5.74) is 2.53. The van der Waals surface area contributed by atoms with E-state index in [4.69, 9.17) is 0 Å². The lowest BCUT2D eigenvalue weighted by atomic mass is 9.94. The number of amides is 1. The third kappa shape index (κ3) is 56.8. The minimum absolute atomic E-state index is 0. The second-order valence-corrected chi connectivity index (χ2v) is 22.0. The molecule has 3 N–H and O–H groups in total. The predicted molar refractivity (Wildman–Crippen MR) is 239 cm³/mol. The average Bonchev–Trinajstić information content (AvgIpc) is 2.89. The largest absolute Gasteiger partial charge is 1.00 e. The smallest absolute Gasteiger partial charge is 0.252 e. The van der Waals surface area contributed by atoms with Gasteiger partial charge in [-0.3, -0.25) is 4.79 Å². The van der Waals surface area contributed by atoms with Crippen LogP contribution in [0.1, 0.15) is 141 Å². The third-order valence-corrected chi connectivity index (χ3v) is 7.75. The molecule has 1 amide bonds. The van der Waals surface area contributed by atoms with E-state index in [0.29, 0.717) is 43.9 Å². The monoisotopic (exact) mass is 797 g/mol. The van der Waals surface area contributed by atoms with Gasteiger partial charge in [0.05, 0.1) is 33.3 Å². The lowest BCUT2D eigenvalue weighted by molar-refractivity contribution is -0.876. The van der Waals surface area contributed by atoms with Gasteiger partial charge in [-0.15, -0.1) is 12.6 Å². The molecule has 51 heavy (non-hydrogen) atoms. The first-order valence-corrected chi connectivity index (χ1v) is 20.3. The van der Waals surface area contributed by atoms with Crippen LogP contribution in [0.5, 0.6) is 0 Å². The minimum Gasteiger partial charge on any atom is -1.00 e. The summed E-state index contributed by atoms with van der Waals surface area (Å²) in [5, 5.41) is 9.99. The summed E-state index contributed by atoms with van der Waals surface area (Å²) in [7, 11) is 6.68. The van der Waals surface area contributed by atoms with Crippen LogP contribution in [0.15, 0.2) is 29.2 Å². The summed E-state index contributed by atoms with van der Waals surface area (Å²) < 4.78 is 1.06. The van der Waals surface area contributed by atoms with Crippen molar-refractivity contribution in [2.24, 2.45) is 27.1 Å². The third-order valence-electron chi connectivity index (χ3n) is 6.27. The second kappa shape index (κ2) is 29.2. The number of benzene rings is 1. The van der Waals surface area contributed by atoms with Gasteiger partial charge >= 0.3 is 0 Å². The first-order chi connectivity index (χ1) is 22.2. The number of hydrogen-bond acceptors (Lipinski definition) is 6. The molecule has 0 heterocycles. The summed E-state index contributed by atoms with van der Waals surface area (Å²) >= 11 is 12.7. The highest BCUT2D eigenvalue weighted by Gasteiger charge is 2.19. The predicted octanol–water partition coefficient (Wildman–Crippen LogP) is 7.82. The number of nitrogens with zero attached hydrogens (tertiary/aromatic N) is 1. The lowest BCUT2D eigenvalue weighted by Gasteiger charge is -2.31. The molecular formula is C42H89ClN4OS3. The molecule has 0 aliphatic carbocycles. The van der Waals surface area contributed by atoms with E-state index in [9.17, 15) is 4.79 Å². The van der Waals surface area contributed by atoms with Crippen molar-refractivity contribution in [3.63, 3.8) is 0 Å². The van der Waals surface area contributed by atoms with Gasteiger partial charge < -0.3 is 32.8 Å². The van der Waals surface area contributed by atoms with Gasteiger partial charge in [0, 0.05) is 40.9 Å². The van der Waals surface area contributed by atoms with E-state index >= 15 is 0 Å². The molecule has 1 aromatic carbocycles. The Morgan fingerprint density at radius 1 is 0.706 bits per heavy atom. The first kappa shape index (κ1) is 60.2. The Bertz CT molecular complexity index is 953. The van der Waals surface area contributed by atoms with Crippen LogP contribution in [0.3, 0.4) is 0 Å². The van der Waals surface area contributed by atoms with Gasteiger partial charge in [-0.25, -0.2) is 0 Å². The van der Waals surface area contributed by atoms with E-state index in [1.54, 1.807) is 6.07 Å². The van der Waals surface area contributed by atoms with Gasteiger partial charge in [0.1, 0.15) is 0 Å². The molecule has 0 radical (unpaired) electrons. The van der Waals surface area contributed by atoms with Crippen LogP contribution in [0.4, 0.5) is 0 Å². The number of thiol groups is 3. The van der Waals surface area contributed by atoms with Crippen molar-refractivity contribution in [2.75, 3.05) is 66.2 Å². The van der Waals surface area contributed by atoms with Crippen molar-refractivity contribution in [1.29, 1.82) is 0 Å². The summed E-state index contributed by atoms with van der Waals surface area (Å²) in [6.45, 7) is 43.7. The minimum atomic E-state index is -0.0597. The maximum atomic E-state index is 11.8. The zero-order chi connectivity index (χ0) is 40.6. The molecule has 0 bridgehead atoms. The van der Waals surface area contributed by atoms with Gasteiger partial charge in [-0.05, 0) is 53.3 Å². The first-order valence-electron chi connectivity index (χ1n) is 18.8. The van der Waals surface area contributed by atoms with Crippen molar-refractivity contribution in [3.05, 3.63) is 29.8 Å². The van der Waals surface area contributed by atoms with Crippen molar-refractivity contribution < 1.29 is 21.7 Å². The number of hydrogen-bond donors (Lipinski definition) is 6. The molecule has 0 spiro atoms. The summed E-state index contributed by atoms with van der Waals surface area (Å²) in [5.74, 6) is 0.774. The Balaban J connectivity index is -0.000000178. The molecule has 0 fully saturated rings. The number of rotatable bonds is 10. The van der Waals surface area contributed by atoms with Crippen molar-refractivity contribution in [1.82, 2.24) is 16.0 Å². The quantitative estimate of drug-likeness (QED) is 0.0833. The average molecular weight is 798 g/mol. The fourth-order valence-electron chi connectivity index (χ4n) is 3.85. The SMILES string of the molecule is CC(C)(C)CNC(=O)c1ccccc1S.CC(C)(C)CNCC(S)CS.CC(C)(C)C[N+](C)(C)C.CCC(C)(C)C.CCCNCC(C)(C)C.[Cl-]. The van der Waals surface area contributed by atoms with Gasteiger partial charge in [-0.1, -0.05) is 136 Å².